The summed E-state index contributed by atoms with van der Waals surface area (Å²) < 4.78 is 32.3. The van der Waals surface area contributed by atoms with E-state index in [0.29, 0.717) is 4.47 Å². The SMILES string of the molecule is COc1ccc(Br)cc1S(=O)(=O)NCC(C)CO. The van der Waals surface area contributed by atoms with Crippen molar-refractivity contribution in [2.45, 2.75) is 11.8 Å². The monoisotopic (exact) mass is 337 g/mol. The molecule has 0 amide bonds. The van der Waals surface area contributed by atoms with E-state index < -0.39 is 10.0 Å². The molecule has 0 fully saturated rings. The van der Waals surface area contributed by atoms with Gasteiger partial charge < -0.3 is 9.84 Å². The molecular weight excluding hydrogens is 322 g/mol. The molecule has 7 heteroatoms. The molecule has 1 aromatic carbocycles. The lowest BCUT2D eigenvalue weighted by Gasteiger charge is -2.13. The number of hydrogen-bond donors (Lipinski definition) is 2. The second-order valence-electron chi connectivity index (χ2n) is 3.93. The van der Waals surface area contributed by atoms with Gasteiger partial charge in [0.2, 0.25) is 10.0 Å². The van der Waals surface area contributed by atoms with Gasteiger partial charge in [-0.3, -0.25) is 0 Å². The fourth-order valence-electron chi connectivity index (χ4n) is 1.25. The third-order valence-electron chi connectivity index (χ3n) is 2.35. The Morgan fingerprint density at radius 3 is 2.72 bits per heavy atom. The van der Waals surface area contributed by atoms with Gasteiger partial charge in [-0.25, -0.2) is 13.1 Å². The van der Waals surface area contributed by atoms with E-state index in [1.54, 1.807) is 19.1 Å². The minimum atomic E-state index is -3.65. The minimum absolute atomic E-state index is 0.0713. The van der Waals surface area contributed by atoms with Crippen molar-refractivity contribution >= 4 is 26.0 Å². The fourth-order valence-corrected chi connectivity index (χ4v) is 3.13. The number of aliphatic hydroxyl groups excluding tert-OH is 1. The van der Waals surface area contributed by atoms with Gasteiger partial charge in [-0.1, -0.05) is 22.9 Å². The van der Waals surface area contributed by atoms with Crippen LogP contribution in [0.3, 0.4) is 0 Å². The van der Waals surface area contributed by atoms with Crippen LogP contribution in [0.5, 0.6) is 5.75 Å². The highest BCUT2D eigenvalue weighted by atomic mass is 79.9. The van der Waals surface area contributed by atoms with Gasteiger partial charge in [0.15, 0.2) is 0 Å². The van der Waals surface area contributed by atoms with Crippen LogP contribution in [0.25, 0.3) is 0 Å². The first kappa shape index (κ1) is 15.4. The van der Waals surface area contributed by atoms with Gasteiger partial charge in [-0.2, -0.15) is 0 Å². The van der Waals surface area contributed by atoms with Crippen LogP contribution in [0, 0.1) is 5.92 Å². The Bertz CT molecular complexity index is 504. The molecule has 0 spiro atoms. The van der Waals surface area contributed by atoms with Crippen molar-refractivity contribution in [3.63, 3.8) is 0 Å². The van der Waals surface area contributed by atoms with Crippen LogP contribution in [-0.4, -0.2) is 33.8 Å². The van der Waals surface area contributed by atoms with Crippen molar-refractivity contribution in [3.8, 4) is 5.75 Å². The maximum absolute atomic E-state index is 12.1. The van der Waals surface area contributed by atoms with Gasteiger partial charge in [0, 0.05) is 17.6 Å². The third kappa shape index (κ3) is 3.94. The van der Waals surface area contributed by atoms with Crippen molar-refractivity contribution < 1.29 is 18.3 Å². The van der Waals surface area contributed by atoms with E-state index in [4.69, 9.17) is 9.84 Å². The molecule has 102 valence electrons. The Hall–Kier alpha value is -0.630. The van der Waals surface area contributed by atoms with Crippen molar-refractivity contribution in [1.82, 2.24) is 4.72 Å². The number of halogens is 1. The maximum Gasteiger partial charge on any atom is 0.244 e. The molecule has 0 aliphatic carbocycles. The summed E-state index contributed by atoms with van der Waals surface area (Å²) in [6.07, 6.45) is 0. The molecule has 2 N–H and O–H groups in total. The lowest BCUT2D eigenvalue weighted by molar-refractivity contribution is 0.238. The Morgan fingerprint density at radius 1 is 1.50 bits per heavy atom. The van der Waals surface area contributed by atoms with Gasteiger partial charge in [0.1, 0.15) is 10.6 Å². The summed E-state index contributed by atoms with van der Waals surface area (Å²) >= 11 is 3.22. The second kappa shape index (κ2) is 6.51. The van der Waals surface area contributed by atoms with E-state index >= 15 is 0 Å². The zero-order chi connectivity index (χ0) is 13.8. The van der Waals surface area contributed by atoms with Crippen molar-refractivity contribution in [2.75, 3.05) is 20.3 Å². The van der Waals surface area contributed by atoms with E-state index in [1.165, 1.54) is 13.2 Å². The Labute approximate surface area is 115 Å². The predicted octanol–water partition coefficient (Wildman–Crippen LogP) is 1.36. The summed E-state index contributed by atoms with van der Waals surface area (Å²) in [4.78, 5) is 0.0736. The number of sulfonamides is 1. The van der Waals surface area contributed by atoms with Crippen LogP contribution in [0.1, 0.15) is 6.92 Å². The molecule has 1 rings (SSSR count). The van der Waals surface area contributed by atoms with Crippen LogP contribution in [0.15, 0.2) is 27.6 Å². The number of nitrogens with one attached hydrogen (secondary N) is 1. The Balaban J connectivity index is 3.00. The molecule has 0 saturated carbocycles. The molecule has 0 radical (unpaired) electrons. The van der Waals surface area contributed by atoms with Gasteiger partial charge >= 0.3 is 0 Å². The molecule has 1 unspecified atom stereocenters. The van der Waals surface area contributed by atoms with Crippen LogP contribution in [-0.2, 0) is 10.0 Å². The zero-order valence-electron chi connectivity index (χ0n) is 10.2. The lowest BCUT2D eigenvalue weighted by atomic mass is 10.2. The van der Waals surface area contributed by atoms with Crippen LogP contribution >= 0.6 is 15.9 Å². The molecule has 0 heterocycles. The molecule has 18 heavy (non-hydrogen) atoms. The summed E-state index contributed by atoms with van der Waals surface area (Å²) in [5.74, 6) is 0.139. The molecule has 1 aromatic rings. The second-order valence-corrected chi connectivity index (χ2v) is 6.59. The average Bonchev–Trinajstić information content (AvgIpc) is 2.36. The first-order chi connectivity index (χ1) is 8.40. The number of methoxy groups -OCH3 is 1. The molecule has 0 bridgehead atoms. The van der Waals surface area contributed by atoms with Gasteiger partial charge in [-0.05, 0) is 24.1 Å². The maximum atomic E-state index is 12.1. The van der Waals surface area contributed by atoms with Gasteiger partial charge in [0.05, 0.1) is 7.11 Å². The molecular formula is C11H16BrNO4S. The first-order valence-electron chi connectivity index (χ1n) is 5.34. The summed E-state index contributed by atoms with van der Waals surface area (Å²) in [7, 11) is -2.23. The molecule has 5 nitrogen and oxygen atoms in total. The standard InChI is InChI=1S/C11H16BrNO4S/c1-8(7-14)6-13-18(15,16)11-5-9(12)3-4-10(11)17-2/h3-5,8,13-14H,6-7H2,1-2H3. The zero-order valence-corrected chi connectivity index (χ0v) is 12.6. The Kier molecular flexibility index (Phi) is 5.58. The highest BCUT2D eigenvalue weighted by Crippen LogP contribution is 2.27. The third-order valence-corrected chi connectivity index (χ3v) is 4.29. The number of rotatable bonds is 6. The van der Waals surface area contributed by atoms with Crippen LogP contribution in [0.4, 0.5) is 0 Å². The molecule has 1 atom stereocenters. The van der Waals surface area contributed by atoms with E-state index in [9.17, 15) is 8.42 Å². The predicted molar refractivity (Wildman–Crippen MR) is 72.1 cm³/mol. The van der Waals surface area contributed by atoms with E-state index in [2.05, 4.69) is 20.7 Å². The van der Waals surface area contributed by atoms with Crippen LogP contribution in [0.2, 0.25) is 0 Å². The minimum Gasteiger partial charge on any atom is -0.495 e. The highest BCUT2D eigenvalue weighted by molar-refractivity contribution is 9.10. The summed E-state index contributed by atoms with van der Waals surface area (Å²) in [5.41, 5.74) is 0. The van der Waals surface area contributed by atoms with Gasteiger partial charge in [-0.15, -0.1) is 0 Å². The first-order valence-corrected chi connectivity index (χ1v) is 7.62. The lowest BCUT2D eigenvalue weighted by Crippen LogP contribution is -2.30. The topological polar surface area (TPSA) is 75.6 Å². The fraction of sp³-hybridized carbons (Fsp3) is 0.455. The van der Waals surface area contributed by atoms with Crippen LogP contribution < -0.4 is 9.46 Å². The quantitative estimate of drug-likeness (QED) is 0.821. The number of hydrogen-bond acceptors (Lipinski definition) is 4. The largest absolute Gasteiger partial charge is 0.495 e. The average molecular weight is 338 g/mol. The number of ether oxygens (including phenoxy) is 1. The highest BCUT2D eigenvalue weighted by Gasteiger charge is 2.20. The van der Waals surface area contributed by atoms with Gasteiger partial charge in [0.25, 0.3) is 0 Å². The summed E-state index contributed by atoms with van der Waals surface area (Å²) in [6, 6.07) is 4.76. The van der Waals surface area contributed by atoms with Crippen molar-refractivity contribution in [2.24, 2.45) is 5.92 Å². The normalized spacial score (nSPS) is 13.3. The van der Waals surface area contributed by atoms with Crippen molar-refractivity contribution in [3.05, 3.63) is 22.7 Å². The number of aliphatic hydroxyl groups is 1. The smallest absolute Gasteiger partial charge is 0.244 e. The van der Waals surface area contributed by atoms with E-state index in [1.807, 2.05) is 0 Å². The molecule has 0 aliphatic heterocycles. The van der Waals surface area contributed by atoms with E-state index in [0.717, 1.165) is 0 Å². The Morgan fingerprint density at radius 2 is 2.17 bits per heavy atom. The number of benzene rings is 1. The van der Waals surface area contributed by atoms with E-state index in [-0.39, 0.29) is 29.7 Å². The summed E-state index contributed by atoms with van der Waals surface area (Å²) in [6.45, 7) is 1.85. The molecule has 0 saturated heterocycles. The summed E-state index contributed by atoms with van der Waals surface area (Å²) in [5, 5.41) is 8.88. The molecule has 0 aliphatic rings. The molecule has 0 aromatic heterocycles. The van der Waals surface area contributed by atoms with Crippen molar-refractivity contribution in [1.29, 1.82) is 0 Å².